The van der Waals surface area contributed by atoms with Crippen LogP contribution in [0.4, 0.5) is 5.69 Å². The molecule has 1 spiro atoms. The molecule has 4 heterocycles. The van der Waals surface area contributed by atoms with Crippen molar-refractivity contribution in [3.05, 3.63) is 66.8 Å². The Morgan fingerprint density at radius 1 is 0.973 bits per heavy atom. The second-order valence-electron chi connectivity index (χ2n) is 10.8. The highest BCUT2D eigenvalue weighted by Gasteiger charge is 2.75. The molecule has 1 unspecified atom stereocenters. The SMILES string of the molecule is C[C@H](CO)N1C(=O)[C@@H]2[C@@H]3C(=O)N(C)CC=C[C@]3(C)O[C@@]23C=CCN(c2ccc4ccccc4c2)C(=O)C13. The Labute approximate surface area is 215 Å². The molecule has 2 aromatic carbocycles. The van der Waals surface area contributed by atoms with E-state index in [0.717, 1.165) is 10.8 Å². The zero-order chi connectivity index (χ0) is 26.1. The van der Waals surface area contributed by atoms with Gasteiger partial charge in [0.25, 0.3) is 5.91 Å². The van der Waals surface area contributed by atoms with Crippen molar-refractivity contribution in [3.8, 4) is 0 Å². The number of carbonyl (C=O) groups is 3. The van der Waals surface area contributed by atoms with Crippen molar-refractivity contribution in [3.63, 3.8) is 0 Å². The molecule has 4 aliphatic heterocycles. The highest BCUT2D eigenvalue weighted by molar-refractivity contribution is 6.06. The van der Waals surface area contributed by atoms with Gasteiger partial charge in [0.05, 0.1) is 30.1 Å². The largest absolute Gasteiger partial charge is 0.394 e. The van der Waals surface area contributed by atoms with Crippen LogP contribution in [-0.4, -0.2) is 82.7 Å². The molecule has 0 aliphatic carbocycles. The number of anilines is 1. The molecule has 2 saturated heterocycles. The molecule has 6 atom stereocenters. The van der Waals surface area contributed by atoms with E-state index in [2.05, 4.69) is 0 Å². The fourth-order valence-corrected chi connectivity index (χ4v) is 6.72. The number of aliphatic hydroxyl groups is 1. The van der Waals surface area contributed by atoms with Crippen LogP contribution in [0.25, 0.3) is 10.8 Å². The quantitative estimate of drug-likeness (QED) is 0.651. The maximum atomic E-state index is 14.4. The van der Waals surface area contributed by atoms with Crippen LogP contribution in [0.5, 0.6) is 0 Å². The van der Waals surface area contributed by atoms with E-state index < -0.39 is 35.1 Å². The van der Waals surface area contributed by atoms with Gasteiger partial charge in [0.1, 0.15) is 11.6 Å². The summed E-state index contributed by atoms with van der Waals surface area (Å²) in [6.45, 7) is 3.95. The van der Waals surface area contributed by atoms with Crippen LogP contribution in [0.15, 0.2) is 66.8 Å². The maximum Gasteiger partial charge on any atom is 0.253 e. The molecule has 192 valence electrons. The molecule has 8 heteroatoms. The van der Waals surface area contributed by atoms with Crippen molar-refractivity contribution < 1.29 is 24.2 Å². The minimum absolute atomic E-state index is 0.184. The fourth-order valence-electron chi connectivity index (χ4n) is 6.72. The highest BCUT2D eigenvalue weighted by Crippen LogP contribution is 2.57. The molecule has 3 amide bonds. The smallest absolute Gasteiger partial charge is 0.253 e. The lowest BCUT2D eigenvalue weighted by Crippen LogP contribution is -2.58. The van der Waals surface area contributed by atoms with E-state index in [1.54, 1.807) is 23.8 Å². The van der Waals surface area contributed by atoms with Crippen molar-refractivity contribution in [2.75, 3.05) is 31.6 Å². The van der Waals surface area contributed by atoms with Crippen molar-refractivity contribution in [1.82, 2.24) is 9.80 Å². The number of aliphatic hydroxyl groups excluding tert-OH is 1. The van der Waals surface area contributed by atoms with Crippen molar-refractivity contribution in [2.45, 2.75) is 37.1 Å². The normalized spacial score (nSPS) is 33.9. The number of nitrogens with zero attached hydrogens (tertiary/aromatic N) is 3. The lowest BCUT2D eigenvalue weighted by Gasteiger charge is -2.39. The third-order valence-electron chi connectivity index (χ3n) is 8.48. The number of rotatable bonds is 3. The van der Waals surface area contributed by atoms with Crippen LogP contribution in [-0.2, 0) is 19.1 Å². The summed E-state index contributed by atoms with van der Waals surface area (Å²) in [6.07, 6.45) is 7.44. The van der Waals surface area contributed by atoms with Gasteiger partial charge in [-0.3, -0.25) is 14.4 Å². The van der Waals surface area contributed by atoms with Gasteiger partial charge in [-0.05, 0) is 36.8 Å². The molecule has 2 aromatic rings. The van der Waals surface area contributed by atoms with E-state index in [-0.39, 0.29) is 24.3 Å². The summed E-state index contributed by atoms with van der Waals surface area (Å²) in [5.41, 5.74) is -1.66. The Bertz CT molecular complexity index is 1370. The average Bonchev–Trinajstić information content (AvgIpc) is 3.18. The predicted molar refractivity (Wildman–Crippen MR) is 139 cm³/mol. The number of likely N-dealkylation sites (N-methyl/N-ethyl adjacent to an activating group) is 1. The van der Waals surface area contributed by atoms with Crippen LogP contribution in [0.3, 0.4) is 0 Å². The van der Waals surface area contributed by atoms with Crippen LogP contribution in [0, 0.1) is 11.8 Å². The second kappa shape index (κ2) is 8.26. The first-order chi connectivity index (χ1) is 17.7. The van der Waals surface area contributed by atoms with Crippen molar-refractivity contribution in [2.24, 2.45) is 11.8 Å². The Kier molecular flexibility index (Phi) is 5.33. The zero-order valence-corrected chi connectivity index (χ0v) is 21.2. The topological polar surface area (TPSA) is 90.4 Å². The summed E-state index contributed by atoms with van der Waals surface area (Å²) in [7, 11) is 1.71. The van der Waals surface area contributed by atoms with E-state index in [9.17, 15) is 19.5 Å². The van der Waals surface area contributed by atoms with Crippen LogP contribution in [0.2, 0.25) is 0 Å². The van der Waals surface area contributed by atoms with Crippen molar-refractivity contribution >= 4 is 34.2 Å². The number of benzene rings is 2. The predicted octanol–water partition coefficient (Wildman–Crippen LogP) is 2.12. The van der Waals surface area contributed by atoms with Gasteiger partial charge >= 0.3 is 0 Å². The molecule has 37 heavy (non-hydrogen) atoms. The lowest BCUT2D eigenvalue weighted by molar-refractivity contribution is -0.150. The molecule has 0 radical (unpaired) electrons. The van der Waals surface area contributed by atoms with Gasteiger partial charge < -0.3 is 24.5 Å². The summed E-state index contributed by atoms with van der Waals surface area (Å²) in [6, 6.07) is 12.1. The first-order valence-corrected chi connectivity index (χ1v) is 12.8. The first kappa shape index (κ1) is 23.9. The Hall–Kier alpha value is -3.49. The Morgan fingerprint density at radius 3 is 2.46 bits per heavy atom. The monoisotopic (exact) mass is 501 g/mol. The van der Waals surface area contributed by atoms with Gasteiger partial charge in [-0.15, -0.1) is 0 Å². The van der Waals surface area contributed by atoms with Gasteiger partial charge in [-0.25, -0.2) is 0 Å². The van der Waals surface area contributed by atoms with Gasteiger partial charge in [0.15, 0.2) is 0 Å². The highest BCUT2D eigenvalue weighted by atomic mass is 16.5. The third kappa shape index (κ3) is 3.25. The number of carbonyl (C=O) groups excluding carboxylic acids is 3. The van der Waals surface area contributed by atoms with Gasteiger partial charge in [-0.1, -0.05) is 54.6 Å². The Balaban J connectivity index is 1.50. The molecular formula is C29H31N3O5. The average molecular weight is 502 g/mol. The molecule has 0 saturated carbocycles. The number of hydrogen-bond acceptors (Lipinski definition) is 5. The van der Waals surface area contributed by atoms with Gasteiger partial charge in [0, 0.05) is 25.8 Å². The first-order valence-electron chi connectivity index (χ1n) is 12.8. The van der Waals surface area contributed by atoms with Gasteiger partial charge in [-0.2, -0.15) is 0 Å². The van der Waals surface area contributed by atoms with E-state index in [1.807, 2.05) is 73.7 Å². The molecule has 6 rings (SSSR count). The van der Waals surface area contributed by atoms with Crippen LogP contribution < -0.4 is 4.90 Å². The lowest BCUT2D eigenvalue weighted by atomic mass is 9.74. The van der Waals surface area contributed by atoms with E-state index >= 15 is 0 Å². The minimum Gasteiger partial charge on any atom is -0.394 e. The number of fused-ring (bicyclic) bond motifs is 3. The summed E-state index contributed by atoms with van der Waals surface area (Å²) in [5.74, 6) is -2.48. The molecule has 4 aliphatic rings. The minimum atomic E-state index is -1.33. The van der Waals surface area contributed by atoms with Crippen LogP contribution >= 0.6 is 0 Å². The van der Waals surface area contributed by atoms with Crippen molar-refractivity contribution in [1.29, 1.82) is 0 Å². The number of ether oxygens (including phenoxy) is 1. The molecule has 0 aromatic heterocycles. The van der Waals surface area contributed by atoms with Gasteiger partial charge in [0.2, 0.25) is 11.8 Å². The van der Waals surface area contributed by atoms with E-state index in [0.29, 0.717) is 18.8 Å². The molecular weight excluding hydrogens is 470 g/mol. The zero-order valence-electron chi connectivity index (χ0n) is 21.2. The number of hydrogen-bond donors (Lipinski definition) is 1. The van der Waals surface area contributed by atoms with E-state index in [4.69, 9.17) is 4.74 Å². The fraction of sp³-hybridized carbons (Fsp3) is 0.414. The summed E-state index contributed by atoms with van der Waals surface area (Å²) >= 11 is 0. The number of amides is 3. The van der Waals surface area contributed by atoms with E-state index in [1.165, 1.54) is 4.90 Å². The molecule has 2 fully saturated rings. The summed E-state index contributed by atoms with van der Waals surface area (Å²) < 4.78 is 6.75. The molecule has 0 bridgehead atoms. The third-order valence-corrected chi connectivity index (χ3v) is 8.48. The number of likely N-dealkylation sites (tertiary alicyclic amines) is 1. The Morgan fingerprint density at radius 2 is 1.70 bits per heavy atom. The molecule has 1 N–H and O–H groups in total. The second-order valence-corrected chi connectivity index (χ2v) is 10.8. The summed E-state index contributed by atoms with van der Waals surface area (Å²) in [5, 5.41) is 12.1. The maximum absolute atomic E-state index is 14.4. The standard InChI is InChI=1S/C29H31N3O5/c1-18(17-33)32-24-27(36)31(21-11-10-19-8-4-5-9-20(19)16-21)15-7-13-29(24)23(26(32)35)22-25(34)30(3)14-6-12-28(22,2)37-29/h4-13,16,18,22-24,33H,14-15,17H2,1-3H3/t18-,22-,23+,24?,28+,29+/m1/s1. The van der Waals surface area contributed by atoms with Crippen LogP contribution in [0.1, 0.15) is 13.8 Å². The molecule has 8 nitrogen and oxygen atoms in total. The summed E-state index contributed by atoms with van der Waals surface area (Å²) in [4.78, 5) is 46.8.